The Bertz CT molecular complexity index is 683. The van der Waals surface area contributed by atoms with Gasteiger partial charge in [0.25, 0.3) is 0 Å². The highest BCUT2D eigenvalue weighted by Crippen LogP contribution is 2.12. The fourth-order valence-electron chi connectivity index (χ4n) is 2.95. The number of rotatable bonds is 14. The lowest BCUT2D eigenvalue weighted by atomic mass is 9.95. The molecule has 0 fully saturated rings. The van der Waals surface area contributed by atoms with Crippen molar-refractivity contribution in [2.24, 2.45) is 23.5 Å². The van der Waals surface area contributed by atoms with E-state index in [1.165, 1.54) is 0 Å². The Kier molecular flexibility index (Phi) is 12.5. The topological polar surface area (TPSA) is 188 Å². The standard InChI is InChI=1S/C21H38N4O7/c1-7-11(5)16(24-18(28)13(22)9-14(26)27)20(30)23-15(10(3)4)19(29)25-17(21(31)32)12(6)8-2/h10-13,15-17H,7-9,22H2,1-6H3,(H,23,30)(H,24,28)(H,25,29)(H,26,27)(H,31,32). The van der Waals surface area contributed by atoms with Crippen molar-refractivity contribution in [3.05, 3.63) is 0 Å². The normalized spacial score (nSPS) is 16.8. The second kappa shape index (κ2) is 13.7. The molecule has 0 saturated heterocycles. The Morgan fingerprint density at radius 3 is 1.53 bits per heavy atom. The maximum atomic E-state index is 13.0. The van der Waals surface area contributed by atoms with E-state index in [1.54, 1.807) is 27.7 Å². The first kappa shape index (κ1) is 29.3. The van der Waals surface area contributed by atoms with Crippen LogP contribution in [0.4, 0.5) is 0 Å². The van der Waals surface area contributed by atoms with Crippen LogP contribution in [0.1, 0.15) is 60.8 Å². The van der Waals surface area contributed by atoms with Gasteiger partial charge in [-0.3, -0.25) is 19.2 Å². The third-order valence-corrected chi connectivity index (χ3v) is 5.55. The van der Waals surface area contributed by atoms with Gasteiger partial charge in [0.05, 0.1) is 12.5 Å². The third kappa shape index (κ3) is 9.21. The largest absolute Gasteiger partial charge is 0.481 e. The predicted octanol–water partition coefficient (Wildman–Crippen LogP) is 0.0756. The average molecular weight is 459 g/mol. The number of nitrogens with two attached hydrogens (primary N) is 1. The fourth-order valence-corrected chi connectivity index (χ4v) is 2.95. The molecule has 0 saturated carbocycles. The van der Waals surface area contributed by atoms with E-state index in [4.69, 9.17) is 10.8 Å². The average Bonchev–Trinajstić information content (AvgIpc) is 2.71. The number of carboxylic acid groups (broad SMARTS) is 2. The van der Waals surface area contributed by atoms with Crippen molar-refractivity contribution < 1.29 is 34.2 Å². The second-order valence-corrected chi connectivity index (χ2v) is 8.52. The van der Waals surface area contributed by atoms with Gasteiger partial charge in [-0.2, -0.15) is 0 Å². The Hall–Kier alpha value is -2.69. The number of carboxylic acids is 2. The number of nitrogens with one attached hydrogen (secondary N) is 3. The number of hydrogen-bond acceptors (Lipinski definition) is 6. The highest BCUT2D eigenvalue weighted by molar-refractivity contribution is 5.95. The van der Waals surface area contributed by atoms with Crippen molar-refractivity contribution in [3.63, 3.8) is 0 Å². The molecule has 11 nitrogen and oxygen atoms in total. The first-order valence-corrected chi connectivity index (χ1v) is 10.9. The molecule has 0 rings (SSSR count). The molecule has 0 aromatic carbocycles. The van der Waals surface area contributed by atoms with E-state index < -0.39 is 60.2 Å². The monoisotopic (exact) mass is 458 g/mol. The molecule has 0 aromatic rings. The predicted molar refractivity (Wildman–Crippen MR) is 117 cm³/mol. The zero-order chi connectivity index (χ0) is 25.2. The van der Waals surface area contributed by atoms with Crippen LogP contribution in [-0.4, -0.2) is 64.0 Å². The highest BCUT2D eigenvalue weighted by Gasteiger charge is 2.34. The Morgan fingerprint density at radius 2 is 1.12 bits per heavy atom. The SMILES string of the molecule is CCC(C)C(NC(=O)C(NC(=O)C(NC(=O)C(N)CC(=O)O)C(C)CC)C(C)C)C(=O)O. The molecule has 0 aliphatic carbocycles. The number of aliphatic carboxylic acids is 2. The molecule has 0 aliphatic rings. The lowest BCUT2D eigenvalue weighted by Gasteiger charge is -2.30. The number of carbonyl (C=O) groups excluding carboxylic acids is 3. The van der Waals surface area contributed by atoms with Crippen LogP contribution in [0.2, 0.25) is 0 Å². The number of carbonyl (C=O) groups is 5. The summed E-state index contributed by atoms with van der Waals surface area (Å²) in [5, 5.41) is 25.8. The minimum atomic E-state index is -1.33. The molecule has 0 aromatic heterocycles. The van der Waals surface area contributed by atoms with Crippen molar-refractivity contribution in [1.82, 2.24) is 16.0 Å². The molecule has 3 amide bonds. The van der Waals surface area contributed by atoms with Crippen LogP contribution in [0.5, 0.6) is 0 Å². The van der Waals surface area contributed by atoms with E-state index in [0.29, 0.717) is 12.8 Å². The summed E-state index contributed by atoms with van der Waals surface area (Å²) in [7, 11) is 0. The zero-order valence-corrected chi connectivity index (χ0v) is 19.7. The van der Waals surface area contributed by atoms with E-state index in [9.17, 15) is 29.1 Å². The quantitative estimate of drug-likeness (QED) is 0.211. The van der Waals surface area contributed by atoms with E-state index >= 15 is 0 Å². The van der Waals surface area contributed by atoms with Crippen LogP contribution < -0.4 is 21.7 Å². The van der Waals surface area contributed by atoms with Gasteiger partial charge in [-0.15, -0.1) is 0 Å². The molecule has 0 bridgehead atoms. The van der Waals surface area contributed by atoms with E-state index in [0.717, 1.165) is 0 Å². The van der Waals surface area contributed by atoms with Gasteiger partial charge in [0.2, 0.25) is 17.7 Å². The molecule has 6 unspecified atom stereocenters. The van der Waals surface area contributed by atoms with Crippen LogP contribution in [-0.2, 0) is 24.0 Å². The summed E-state index contributed by atoms with van der Waals surface area (Å²) in [4.78, 5) is 60.4. The molecule has 0 aliphatic heterocycles. The summed E-state index contributed by atoms with van der Waals surface area (Å²) in [6.45, 7) is 10.4. The lowest BCUT2D eigenvalue weighted by molar-refractivity contribution is -0.144. The van der Waals surface area contributed by atoms with E-state index in [2.05, 4.69) is 16.0 Å². The molecular weight excluding hydrogens is 420 g/mol. The lowest BCUT2D eigenvalue weighted by Crippen LogP contribution is -2.60. The minimum absolute atomic E-state index is 0.317. The van der Waals surface area contributed by atoms with Crippen LogP contribution >= 0.6 is 0 Å². The van der Waals surface area contributed by atoms with Gasteiger partial charge in [-0.05, 0) is 17.8 Å². The molecule has 0 radical (unpaired) electrons. The molecule has 6 atom stereocenters. The van der Waals surface area contributed by atoms with Gasteiger partial charge < -0.3 is 31.9 Å². The van der Waals surface area contributed by atoms with Crippen molar-refractivity contribution in [2.45, 2.75) is 85.0 Å². The molecule has 184 valence electrons. The first-order valence-electron chi connectivity index (χ1n) is 10.9. The smallest absolute Gasteiger partial charge is 0.326 e. The van der Waals surface area contributed by atoms with Gasteiger partial charge in [0.15, 0.2) is 0 Å². The van der Waals surface area contributed by atoms with Crippen LogP contribution in [0, 0.1) is 17.8 Å². The molecular formula is C21H38N4O7. The maximum absolute atomic E-state index is 13.0. The summed E-state index contributed by atoms with van der Waals surface area (Å²) >= 11 is 0. The van der Waals surface area contributed by atoms with Gasteiger partial charge in [-0.1, -0.05) is 54.4 Å². The molecule has 11 heteroatoms. The molecule has 0 heterocycles. The Labute approximate surface area is 188 Å². The summed E-state index contributed by atoms with van der Waals surface area (Å²) in [5.41, 5.74) is 5.59. The Balaban J connectivity index is 5.53. The van der Waals surface area contributed by atoms with Gasteiger partial charge in [-0.25, -0.2) is 4.79 Å². The maximum Gasteiger partial charge on any atom is 0.326 e. The molecule has 32 heavy (non-hydrogen) atoms. The summed E-state index contributed by atoms with van der Waals surface area (Å²) in [6.07, 6.45) is 0.457. The van der Waals surface area contributed by atoms with E-state index in [1.807, 2.05) is 13.8 Å². The van der Waals surface area contributed by atoms with Crippen molar-refractivity contribution in [3.8, 4) is 0 Å². The first-order chi connectivity index (χ1) is 14.8. The van der Waals surface area contributed by atoms with Crippen molar-refractivity contribution >= 4 is 29.7 Å². The van der Waals surface area contributed by atoms with Gasteiger partial charge >= 0.3 is 11.9 Å². The number of amides is 3. The summed E-state index contributed by atoms with van der Waals surface area (Å²) in [6, 6.07) is -4.52. The van der Waals surface area contributed by atoms with E-state index in [-0.39, 0.29) is 17.8 Å². The van der Waals surface area contributed by atoms with Gasteiger partial charge in [0, 0.05) is 0 Å². The Morgan fingerprint density at radius 1 is 0.719 bits per heavy atom. The molecule has 0 spiro atoms. The fraction of sp³-hybridized carbons (Fsp3) is 0.762. The zero-order valence-electron chi connectivity index (χ0n) is 19.7. The van der Waals surface area contributed by atoms with Crippen molar-refractivity contribution in [2.75, 3.05) is 0 Å². The molecule has 7 N–H and O–H groups in total. The number of hydrogen-bond donors (Lipinski definition) is 6. The van der Waals surface area contributed by atoms with Crippen molar-refractivity contribution in [1.29, 1.82) is 0 Å². The second-order valence-electron chi connectivity index (χ2n) is 8.52. The van der Waals surface area contributed by atoms with Crippen LogP contribution in [0.15, 0.2) is 0 Å². The minimum Gasteiger partial charge on any atom is -0.481 e. The highest BCUT2D eigenvalue weighted by atomic mass is 16.4. The van der Waals surface area contributed by atoms with Gasteiger partial charge in [0.1, 0.15) is 18.1 Å². The van der Waals surface area contributed by atoms with Crippen LogP contribution in [0.3, 0.4) is 0 Å². The summed E-state index contributed by atoms with van der Waals surface area (Å²) < 4.78 is 0. The summed E-state index contributed by atoms with van der Waals surface area (Å²) in [5.74, 6) is -5.50. The third-order valence-electron chi connectivity index (χ3n) is 5.55. The van der Waals surface area contributed by atoms with Crippen LogP contribution in [0.25, 0.3) is 0 Å².